The Hall–Kier alpha value is -0.0400. The summed E-state index contributed by atoms with van der Waals surface area (Å²) in [7, 11) is 0. The molecule has 2 fully saturated rings. The Morgan fingerprint density at radius 1 is 1.00 bits per heavy atom. The van der Waals surface area contributed by atoms with Crippen molar-refractivity contribution >= 4 is 0 Å². The van der Waals surface area contributed by atoms with Gasteiger partial charge in [0.05, 0.1) is 0 Å². The maximum absolute atomic E-state index is 9.48. The highest BCUT2D eigenvalue weighted by Gasteiger charge is 2.41. The van der Waals surface area contributed by atoms with Gasteiger partial charge in [-0.2, -0.15) is 0 Å². The van der Waals surface area contributed by atoms with Crippen LogP contribution in [0.5, 0.6) is 0 Å². The lowest BCUT2D eigenvalue weighted by Gasteiger charge is -2.33. The third kappa shape index (κ3) is 1.28. The van der Waals surface area contributed by atoms with E-state index in [0.717, 1.165) is 5.92 Å². The fourth-order valence-corrected chi connectivity index (χ4v) is 3.31. The molecule has 0 bridgehead atoms. The molecule has 1 N–H and O–H groups in total. The number of rotatable bonds is 2. The minimum Gasteiger partial charge on any atom is -0.396 e. The fourth-order valence-electron chi connectivity index (χ4n) is 3.31. The van der Waals surface area contributed by atoms with E-state index >= 15 is 0 Å². The Labute approximate surface area is 75.2 Å². The summed E-state index contributed by atoms with van der Waals surface area (Å²) in [5.74, 6) is 0.866. The summed E-state index contributed by atoms with van der Waals surface area (Å²) in [6, 6.07) is 0. The van der Waals surface area contributed by atoms with Crippen LogP contribution in [-0.4, -0.2) is 11.7 Å². The lowest BCUT2D eigenvalue weighted by Crippen LogP contribution is -2.29. The molecule has 1 heteroatoms. The maximum Gasteiger partial charge on any atom is 0.0490 e. The smallest absolute Gasteiger partial charge is 0.0490 e. The van der Waals surface area contributed by atoms with E-state index in [2.05, 4.69) is 0 Å². The Kier molecular flexibility index (Phi) is 2.40. The van der Waals surface area contributed by atoms with E-state index < -0.39 is 0 Å². The van der Waals surface area contributed by atoms with Crippen LogP contribution in [-0.2, 0) is 0 Å². The fraction of sp³-hybridized carbons (Fsp3) is 1.00. The number of hydrogen-bond acceptors (Lipinski definition) is 1. The lowest BCUT2D eigenvalue weighted by molar-refractivity contribution is 0.0689. The normalized spacial score (nSPS) is 29.8. The van der Waals surface area contributed by atoms with Gasteiger partial charge in [-0.3, -0.25) is 0 Å². The first-order chi connectivity index (χ1) is 5.87. The Morgan fingerprint density at radius 2 is 1.58 bits per heavy atom. The van der Waals surface area contributed by atoms with E-state index in [1.807, 2.05) is 0 Å². The third-order valence-electron chi connectivity index (χ3n) is 4.14. The first kappa shape index (κ1) is 8.55. The molecule has 2 aliphatic carbocycles. The maximum atomic E-state index is 9.48. The van der Waals surface area contributed by atoms with Crippen molar-refractivity contribution in [2.75, 3.05) is 6.61 Å². The molecule has 70 valence electrons. The van der Waals surface area contributed by atoms with Crippen molar-refractivity contribution in [2.45, 2.75) is 51.4 Å². The van der Waals surface area contributed by atoms with E-state index in [9.17, 15) is 5.11 Å². The molecule has 0 spiro atoms. The van der Waals surface area contributed by atoms with Crippen LogP contribution in [0, 0.1) is 11.3 Å². The molecule has 12 heavy (non-hydrogen) atoms. The second-order valence-corrected chi connectivity index (χ2v) is 4.71. The molecule has 0 aromatic carbocycles. The molecule has 0 aliphatic heterocycles. The minimum absolute atomic E-state index is 0.372. The highest BCUT2D eigenvalue weighted by molar-refractivity contribution is 4.92. The first-order valence-corrected chi connectivity index (χ1v) is 5.48. The molecule has 2 rings (SSSR count). The highest BCUT2D eigenvalue weighted by atomic mass is 16.3. The SMILES string of the molecule is OCC1(C2CCCC2)CCCC1. The number of hydrogen-bond donors (Lipinski definition) is 1. The van der Waals surface area contributed by atoms with Crippen molar-refractivity contribution < 1.29 is 5.11 Å². The van der Waals surface area contributed by atoms with Gasteiger partial charge in [-0.25, -0.2) is 0 Å². The number of aliphatic hydroxyl groups is 1. The summed E-state index contributed by atoms with van der Waals surface area (Å²) in [6.07, 6.45) is 10.9. The summed E-state index contributed by atoms with van der Waals surface area (Å²) < 4.78 is 0. The van der Waals surface area contributed by atoms with Crippen molar-refractivity contribution in [3.63, 3.8) is 0 Å². The Bertz CT molecular complexity index is 141. The zero-order valence-corrected chi connectivity index (χ0v) is 7.89. The second kappa shape index (κ2) is 3.37. The van der Waals surface area contributed by atoms with Crippen molar-refractivity contribution in [3.8, 4) is 0 Å². The molecule has 2 saturated carbocycles. The van der Waals surface area contributed by atoms with Crippen LogP contribution >= 0.6 is 0 Å². The zero-order chi connectivity index (χ0) is 8.44. The van der Waals surface area contributed by atoms with Crippen molar-refractivity contribution in [1.82, 2.24) is 0 Å². The average Bonchev–Trinajstić information content (AvgIpc) is 2.76. The molecule has 0 unspecified atom stereocenters. The van der Waals surface area contributed by atoms with Gasteiger partial charge >= 0.3 is 0 Å². The Morgan fingerprint density at radius 3 is 2.08 bits per heavy atom. The predicted octanol–water partition coefficient (Wildman–Crippen LogP) is 2.73. The predicted molar refractivity (Wildman–Crippen MR) is 49.9 cm³/mol. The third-order valence-corrected chi connectivity index (χ3v) is 4.14. The van der Waals surface area contributed by atoms with Crippen LogP contribution in [0.2, 0.25) is 0 Å². The van der Waals surface area contributed by atoms with E-state index in [1.54, 1.807) is 0 Å². The van der Waals surface area contributed by atoms with E-state index in [0.29, 0.717) is 12.0 Å². The molecule has 0 saturated heterocycles. The van der Waals surface area contributed by atoms with Gasteiger partial charge in [-0.05, 0) is 37.0 Å². The van der Waals surface area contributed by atoms with Gasteiger partial charge in [0.1, 0.15) is 0 Å². The molecule has 0 atom stereocenters. The largest absolute Gasteiger partial charge is 0.396 e. The van der Waals surface area contributed by atoms with Crippen LogP contribution in [0.3, 0.4) is 0 Å². The second-order valence-electron chi connectivity index (χ2n) is 4.71. The molecule has 0 radical (unpaired) electrons. The van der Waals surface area contributed by atoms with Crippen LogP contribution < -0.4 is 0 Å². The molecule has 2 aliphatic rings. The van der Waals surface area contributed by atoms with Crippen LogP contribution in [0.25, 0.3) is 0 Å². The van der Waals surface area contributed by atoms with Crippen LogP contribution in [0.1, 0.15) is 51.4 Å². The first-order valence-electron chi connectivity index (χ1n) is 5.48. The van der Waals surface area contributed by atoms with E-state index in [-0.39, 0.29) is 0 Å². The average molecular weight is 168 g/mol. The van der Waals surface area contributed by atoms with Gasteiger partial charge in [-0.1, -0.05) is 25.7 Å². The molecule has 0 heterocycles. The molecular formula is C11H20O. The van der Waals surface area contributed by atoms with Gasteiger partial charge in [0.25, 0.3) is 0 Å². The quantitative estimate of drug-likeness (QED) is 0.672. The standard InChI is InChI=1S/C11H20O/c12-9-11(7-3-4-8-11)10-5-1-2-6-10/h10,12H,1-9H2. The summed E-state index contributed by atoms with van der Waals surface area (Å²) in [5, 5.41) is 9.48. The summed E-state index contributed by atoms with van der Waals surface area (Å²) >= 11 is 0. The van der Waals surface area contributed by atoms with Crippen LogP contribution in [0.4, 0.5) is 0 Å². The van der Waals surface area contributed by atoms with Crippen LogP contribution in [0.15, 0.2) is 0 Å². The van der Waals surface area contributed by atoms with Gasteiger partial charge in [0, 0.05) is 6.61 Å². The van der Waals surface area contributed by atoms with Gasteiger partial charge < -0.3 is 5.11 Å². The lowest BCUT2D eigenvalue weighted by atomic mass is 9.73. The van der Waals surface area contributed by atoms with Gasteiger partial charge in [0.2, 0.25) is 0 Å². The summed E-state index contributed by atoms with van der Waals surface area (Å²) in [4.78, 5) is 0. The number of aliphatic hydroxyl groups excluding tert-OH is 1. The van der Waals surface area contributed by atoms with E-state index in [1.165, 1.54) is 51.4 Å². The van der Waals surface area contributed by atoms with Crippen molar-refractivity contribution in [3.05, 3.63) is 0 Å². The zero-order valence-electron chi connectivity index (χ0n) is 7.89. The summed E-state index contributed by atoms with van der Waals surface area (Å²) in [6.45, 7) is 0.456. The molecule has 1 nitrogen and oxygen atoms in total. The topological polar surface area (TPSA) is 20.2 Å². The minimum atomic E-state index is 0.372. The van der Waals surface area contributed by atoms with Crippen molar-refractivity contribution in [1.29, 1.82) is 0 Å². The monoisotopic (exact) mass is 168 g/mol. The molecular weight excluding hydrogens is 148 g/mol. The van der Waals surface area contributed by atoms with Gasteiger partial charge in [0.15, 0.2) is 0 Å². The molecule has 0 amide bonds. The highest BCUT2D eigenvalue weighted by Crippen LogP contribution is 2.49. The molecule has 0 aromatic rings. The molecule has 0 aromatic heterocycles. The summed E-state index contributed by atoms with van der Waals surface area (Å²) in [5.41, 5.74) is 0.372. The van der Waals surface area contributed by atoms with Crippen molar-refractivity contribution in [2.24, 2.45) is 11.3 Å². The Balaban J connectivity index is 2.04. The van der Waals surface area contributed by atoms with E-state index in [4.69, 9.17) is 0 Å². The van der Waals surface area contributed by atoms with Gasteiger partial charge in [-0.15, -0.1) is 0 Å².